The van der Waals surface area contributed by atoms with Gasteiger partial charge in [-0.05, 0) is 13.3 Å². The van der Waals surface area contributed by atoms with Crippen LogP contribution in [0, 0.1) is 0 Å². The van der Waals surface area contributed by atoms with Crippen LogP contribution in [0.1, 0.15) is 13.3 Å². The normalized spacial score (nSPS) is 13.5. The molecule has 0 saturated carbocycles. The molecule has 0 nitrogen and oxygen atoms in total. The standard InChI is InChI=1S/C22H30Si2/c1-20(19-24(4,5)22-16-10-7-11-17-22)13-12-18-23(2,3)21-14-8-6-9-15-21/h6-12,14-19H,13H2,1-5H3/b18-12?,20-19+. The van der Waals surface area contributed by atoms with Gasteiger partial charge in [0.05, 0.1) is 0 Å². The van der Waals surface area contributed by atoms with Crippen molar-refractivity contribution in [2.24, 2.45) is 0 Å². The Hall–Kier alpha value is -1.65. The highest BCUT2D eigenvalue weighted by molar-refractivity contribution is 6.94. The Morgan fingerprint density at radius 1 is 0.750 bits per heavy atom. The first-order chi connectivity index (χ1) is 11.3. The molecular weight excluding hydrogens is 320 g/mol. The molecule has 2 rings (SSSR count). The lowest BCUT2D eigenvalue weighted by Crippen LogP contribution is -2.39. The van der Waals surface area contributed by atoms with Crippen LogP contribution in [0.2, 0.25) is 26.2 Å². The fourth-order valence-corrected chi connectivity index (χ4v) is 7.65. The van der Waals surface area contributed by atoms with Crippen LogP contribution in [0.15, 0.2) is 83.7 Å². The molecule has 0 aliphatic rings. The van der Waals surface area contributed by atoms with Gasteiger partial charge in [-0.15, -0.1) is 0 Å². The largest absolute Gasteiger partial charge is 0.104 e. The highest BCUT2D eigenvalue weighted by Gasteiger charge is 2.21. The molecule has 24 heavy (non-hydrogen) atoms. The average Bonchev–Trinajstić information content (AvgIpc) is 2.56. The highest BCUT2D eigenvalue weighted by atomic mass is 28.3. The summed E-state index contributed by atoms with van der Waals surface area (Å²) in [6, 6.07) is 21.9. The minimum atomic E-state index is -1.49. The molecule has 0 aliphatic heterocycles. The highest BCUT2D eigenvalue weighted by Crippen LogP contribution is 2.13. The Morgan fingerprint density at radius 3 is 1.71 bits per heavy atom. The van der Waals surface area contributed by atoms with Gasteiger partial charge in [-0.1, -0.05) is 120 Å². The summed E-state index contributed by atoms with van der Waals surface area (Å²) in [4.78, 5) is 0. The Morgan fingerprint density at radius 2 is 1.21 bits per heavy atom. The molecule has 0 spiro atoms. The summed E-state index contributed by atoms with van der Waals surface area (Å²) in [5, 5.41) is 3.01. The monoisotopic (exact) mass is 350 g/mol. The SMILES string of the molecule is C/C(=C\[Si](C)(C)c1ccccc1)CC=C[Si](C)(C)c1ccccc1. The first-order valence-electron chi connectivity index (χ1n) is 8.78. The molecule has 0 atom stereocenters. The van der Waals surface area contributed by atoms with Crippen LogP contribution in [0.5, 0.6) is 0 Å². The van der Waals surface area contributed by atoms with Crippen molar-refractivity contribution in [2.45, 2.75) is 39.5 Å². The summed E-state index contributed by atoms with van der Waals surface area (Å²) in [6.07, 6.45) is 3.45. The van der Waals surface area contributed by atoms with Crippen molar-refractivity contribution in [2.75, 3.05) is 0 Å². The second kappa shape index (κ2) is 7.95. The summed E-state index contributed by atoms with van der Waals surface area (Å²) in [6.45, 7) is 12.0. The smallest absolute Gasteiger partial charge is 0.0940 e. The van der Waals surface area contributed by atoms with E-state index in [1.54, 1.807) is 0 Å². The van der Waals surface area contributed by atoms with Crippen LogP contribution in [-0.4, -0.2) is 16.1 Å². The van der Waals surface area contributed by atoms with Crippen LogP contribution in [0.3, 0.4) is 0 Å². The molecule has 0 aromatic heterocycles. The van der Waals surface area contributed by atoms with Crippen molar-refractivity contribution in [1.82, 2.24) is 0 Å². The van der Waals surface area contributed by atoms with Crippen LogP contribution >= 0.6 is 0 Å². The Labute approximate surface area is 150 Å². The van der Waals surface area contributed by atoms with E-state index < -0.39 is 16.1 Å². The molecule has 2 aromatic rings. The van der Waals surface area contributed by atoms with Crippen LogP contribution in [0.4, 0.5) is 0 Å². The van der Waals surface area contributed by atoms with Crippen LogP contribution in [-0.2, 0) is 0 Å². The second-order valence-electron chi connectivity index (χ2n) is 7.77. The topological polar surface area (TPSA) is 0 Å². The van der Waals surface area contributed by atoms with E-state index in [-0.39, 0.29) is 0 Å². The average molecular weight is 351 g/mol. The van der Waals surface area contributed by atoms with Crippen molar-refractivity contribution in [3.05, 3.63) is 83.7 Å². The third-order valence-electron chi connectivity index (χ3n) is 4.62. The zero-order valence-corrected chi connectivity index (χ0v) is 17.7. The second-order valence-corrected chi connectivity index (χ2v) is 16.4. The molecule has 0 radical (unpaired) electrons. The maximum atomic E-state index is 2.55. The molecule has 126 valence electrons. The van der Waals surface area contributed by atoms with Gasteiger partial charge in [0, 0.05) is 0 Å². The molecule has 0 saturated heterocycles. The van der Waals surface area contributed by atoms with E-state index in [4.69, 9.17) is 0 Å². The quantitative estimate of drug-likeness (QED) is 0.629. The summed E-state index contributed by atoms with van der Waals surface area (Å²) in [7, 11) is -2.95. The minimum Gasteiger partial charge on any atom is -0.0940 e. The Kier molecular flexibility index (Phi) is 6.19. The number of hydrogen-bond donors (Lipinski definition) is 0. The van der Waals surface area contributed by atoms with Crippen molar-refractivity contribution in [3.8, 4) is 0 Å². The number of benzene rings is 2. The predicted octanol–water partition coefficient (Wildman–Crippen LogP) is 5.19. The lowest BCUT2D eigenvalue weighted by molar-refractivity contribution is 1.22. The summed E-state index contributed by atoms with van der Waals surface area (Å²) in [5.74, 6) is 0. The summed E-state index contributed by atoms with van der Waals surface area (Å²) < 4.78 is 0. The number of rotatable bonds is 6. The van der Waals surface area contributed by atoms with Crippen LogP contribution < -0.4 is 10.4 Å². The molecule has 0 aliphatic carbocycles. The molecular formula is C22H30Si2. The van der Waals surface area contributed by atoms with Gasteiger partial charge in [0.15, 0.2) is 0 Å². The van der Waals surface area contributed by atoms with E-state index in [9.17, 15) is 0 Å². The molecule has 0 amide bonds. The van der Waals surface area contributed by atoms with E-state index >= 15 is 0 Å². The Bertz CT molecular complexity index is 695. The van der Waals surface area contributed by atoms with Gasteiger partial charge in [0.25, 0.3) is 0 Å². The summed E-state index contributed by atoms with van der Waals surface area (Å²) >= 11 is 0. The van der Waals surface area contributed by atoms with Gasteiger partial charge in [0.2, 0.25) is 0 Å². The number of hydrogen-bond acceptors (Lipinski definition) is 0. The first kappa shape index (κ1) is 18.7. The van der Waals surface area contributed by atoms with Gasteiger partial charge in [0.1, 0.15) is 16.1 Å². The van der Waals surface area contributed by atoms with Crippen LogP contribution in [0.25, 0.3) is 0 Å². The molecule has 2 aromatic carbocycles. The summed E-state index contributed by atoms with van der Waals surface area (Å²) in [5.41, 5.74) is 6.52. The van der Waals surface area contributed by atoms with E-state index in [0.717, 1.165) is 6.42 Å². The molecule has 0 bridgehead atoms. The zero-order valence-electron chi connectivity index (χ0n) is 15.7. The maximum absolute atomic E-state index is 2.55. The van der Waals surface area contributed by atoms with Gasteiger partial charge in [-0.2, -0.15) is 0 Å². The van der Waals surface area contributed by atoms with E-state index in [1.165, 1.54) is 15.9 Å². The molecule has 0 heterocycles. The lowest BCUT2D eigenvalue weighted by atomic mass is 10.2. The fraction of sp³-hybridized carbons (Fsp3) is 0.273. The first-order valence-corrected chi connectivity index (χ1v) is 14.9. The van der Waals surface area contributed by atoms with Crippen molar-refractivity contribution < 1.29 is 0 Å². The van der Waals surface area contributed by atoms with Crippen molar-refractivity contribution >= 4 is 26.5 Å². The van der Waals surface area contributed by atoms with Gasteiger partial charge in [-0.3, -0.25) is 0 Å². The minimum absolute atomic E-state index is 1.06. The maximum Gasteiger partial charge on any atom is 0.104 e. The third kappa shape index (κ3) is 5.18. The fourth-order valence-electron chi connectivity index (χ4n) is 3.13. The molecule has 0 fully saturated rings. The molecule has 0 unspecified atom stereocenters. The van der Waals surface area contributed by atoms with Gasteiger partial charge in [-0.25, -0.2) is 0 Å². The third-order valence-corrected chi connectivity index (χ3v) is 10.5. The number of allylic oxidation sites excluding steroid dienone is 2. The molecule has 0 N–H and O–H groups in total. The van der Waals surface area contributed by atoms with Crippen molar-refractivity contribution in [1.29, 1.82) is 0 Å². The van der Waals surface area contributed by atoms with E-state index in [2.05, 4.69) is 111 Å². The predicted molar refractivity (Wildman–Crippen MR) is 115 cm³/mol. The van der Waals surface area contributed by atoms with E-state index in [0.29, 0.717) is 0 Å². The van der Waals surface area contributed by atoms with Gasteiger partial charge >= 0.3 is 0 Å². The van der Waals surface area contributed by atoms with Crippen molar-refractivity contribution in [3.63, 3.8) is 0 Å². The Balaban J connectivity index is 2.06. The van der Waals surface area contributed by atoms with E-state index in [1.807, 2.05) is 0 Å². The molecule has 2 heteroatoms. The zero-order chi connectivity index (χ0) is 17.6. The lowest BCUT2D eigenvalue weighted by Gasteiger charge is -2.20. The van der Waals surface area contributed by atoms with Gasteiger partial charge < -0.3 is 0 Å².